The molecule has 40 heavy (non-hydrogen) atoms. The lowest BCUT2D eigenvalue weighted by atomic mass is 10.1. The van der Waals surface area contributed by atoms with Crippen molar-refractivity contribution in [3.8, 4) is 5.75 Å². The number of aromatic nitrogens is 1. The third kappa shape index (κ3) is 7.94. The largest absolute Gasteiger partial charge is 0.494 e. The first-order chi connectivity index (χ1) is 19.3. The highest BCUT2D eigenvalue weighted by molar-refractivity contribution is 5.85. The maximum Gasteiger partial charge on any atom is 0.242 e. The van der Waals surface area contributed by atoms with Crippen LogP contribution in [0.4, 0.5) is 4.39 Å². The summed E-state index contributed by atoms with van der Waals surface area (Å²) in [6.07, 6.45) is 3.00. The van der Waals surface area contributed by atoms with Crippen LogP contribution in [0.5, 0.6) is 5.75 Å². The molecule has 0 radical (unpaired) electrons. The molecule has 2 amide bonds. The van der Waals surface area contributed by atoms with E-state index in [-0.39, 0.29) is 36.6 Å². The number of hydrogen-bond acceptors (Lipinski definition) is 3. The number of carbonyl (C=O) groups is 2. The predicted octanol–water partition coefficient (Wildman–Crippen LogP) is 6.35. The van der Waals surface area contributed by atoms with Crippen molar-refractivity contribution < 1.29 is 18.7 Å². The van der Waals surface area contributed by atoms with Gasteiger partial charge in [-0.2, -0.15) is 0 Å². The molecule has 0 saturated carbocycles. The number of aromatic amines is 1. The molecule has 0 unspecified atom stereocenters. The van der Waals surface area contributed by atoms with E-state index in [1.165, 1.54) is 12.1 Å². The van der Waals surface area contributed by atoms with Crippen molar-refractivity contribution in [1.29, 1.82) is 0 Å². The number of rotatable bonds is 13. The van der Waals surface area contributed by atoms with Gasteiger partial charge in [-0.3, -0.25) is 9.59 Å². The van der Waals surface area contributed by atoms with Gasteiger partial charge in [0.1, 0.15) is 18.1 Å². The van der Waals surface area contributed by atoms with Gasteiger partial charge in [0.15, 0.2) is 0 Å². The van der Waals surface area contributed by atoms with Gasteiger partial charge >= 0.3 is 0 Å². The average Bonchev–Trinajstić information content (AvgIpc) is 3.35. The van der Waals surface area contributed by atoms with E-state index in [4.69, 9.17) is 4.74 Å². The maximum absolute atomic E-state index is 13.8. The molecule has 1 aromatic heterocycles. The lowest BCUT2D eigenvalue weighted by molar-refractivity contribution is -0.141. The van der Waals surface area contributed by atoms with Crippen LogP contribution in [0.15, 0.2) is 79.0 Å². The number of ether oxygens (including phenoxy) is 1. The summed E-state index contributed by atoms with van der Waals surface area (Å²) in [7, 11) is 0. The van der Waals surface area contributed by atoms with E-state index in [1.54, 1.807) is 17.0 Å². The van der Waals surface area contributed by atoms with Gasteiger partial charge in [0.2, 0.25) is 11.8 Å². The van der Waals surface area contributed by atoms with Gasteiger partial charge in [0.05, 0.1) is 6.61 Å². The summed E-state index contributed by atoms with van der Waals surface area (Å²) in [6, 6.07) is 21.9. The summed E-state index contributed by atoms with van der Waals surface area (Å²) < 4.78 is 19.1. The molecular formula is C33H38FN3O3. The molecule has 0 fully saturated rings. The van der Waals surface area contributed by atoms with E-state index in [2.05, 4.69) is 11.1 Å². The lowest BCUT2D eigenvalue weighted by Gasteiger charge is -2.28. The molecule has 4 rings (SSSR count). The fraction of sp³-hybridized carbons (Fsp3) is 0.333. The molecule has 7 heteroatoms. The number of nitrogens with one attached hydrogen (secondary N) is 1. The fourth-order valence-electron chi connectivity index (χ4n) is 4.75. The molecule has 1 heterocycles. The van der Waals surface area contributed by atoms with Crippen LogP contribution in [0, 0.1) is 11.7 Å². The summed E-state index contributed by atoms with van der Waals surface area (Å²) in [5.41, 5.74) is 3.96. The summed E-state index contributed by atoms with van der Waals surface area (Å²) in [5.74, 6) is 0.379. The lowest BCUT2D eigenvalue weighted by Crippen LogP contribution is -2.43. The van der Waals surface area contributed by atoms with Crippen LogP contribution < -0.4 is 4.74 Å². The standard InChI is InChI=1S/C33H38FN3O3/c1-4-40-29-15-11-26(12-16-29)21-36(18-17-27-20-35-31-8-6-5-7-30(27)31)33(39)23-37(32(38)19-24(2)3)22-25-9-13-28(34)14-10-25/h5-16,20,24,35H,4,17-19,21-23H2,1-3H3. The molecule has 0 aliphatic carbocycles. The van der Waals surface area contributed by atoms with Crippen molar-refractivity contribution in [1.82, 2.24) is 14.8 Å². The number of para-hydroxylation sites is 1. The monoisotopic (exact) mass is 543 g/mol. The van der Waals surface area contributed by atoms with E-state index < -0.39 is 0 Å². The van der Waals surface area contributed by atoms with Crippen LogP contribution in [-0.2, 0) is 29.1 Å². The number of amides is 2. The molecule has 0 aliphatic rings. The molecule has 0 saturated heterocycles. The van der Waals surface area contributed by atoms with Crippen LogP contribution in [0.25, 0.3) is 10.9 Å². The number of H-pyrrole nitrogens is 1. The second kappa shape index (κ2) is 13.8. The van der Waals surface area contributed by atoms with Crippen molar-refractivity contribution in [2.45, 2.75) is 46.7 Å². The number of nitrogens with zero attached hydrogens (tertiary/aromatic N) is 2. The van der Waals surface area contributed by atoms with Crippen molar-refractivity contribution in [2.75, 3.05) is 19.7 Å². The van der Waals surface area contributed by atoms with E-state index in [0.29, 0.717) is 32.5 Å². The summed E-state index contributed by atoms with van der Waals surface area (Å²) in [5, 5.41) is 1.14. The Morgan fingerprint density at radius 3 is 2.20 bits per heavy atom. The van der Waals surface area contributed by atoms with Crippen LogP contribution in [0.2, 0.25) is 0 Å². The van der Waals surface area contributed by atoms with Crippen LogP contribution in [0.3, 0.4) is 0 Å². The Bertz CT molecular complexity index is 1400. The molecule has 6 nitrogen and oxygen atoms in total. The Balaban J connectivity index is 1.54. The highest BCUT2D eigenvalue weighted by atomic mass is 19.1. The number of halogens is 1. The first-order valence-electron chi connectivity index (χ1n) is 13.9. The first kappa shape index (κ1) is 28.9. The molecule has 1 N–H and O–H groups in total. The van der Waals surface area contributed by atoms with Gasteiger partial charge in [0.25, 0.3) is 0 Å². The number of fused-ring (bicyclic) bond motifs is 1. The summed E-state index contributed by atoms with van der Waals surface area (Å²) in [4.78, 5) is 33.7. The van der Waals surface area contributed by atoms with Crippen molar-refractivity contribution in [3.63, 3.8) is 0 Å². The second-order valence-electron chi connectivity index (χ2n) is 10.5. The summed E-state index contributed by atoms with van der Waals surface area (Å²) >= 11 is 0. The van der Waals surface area contributed by atoms with Gasteiger partial charge in [-0.05, 0) is 66.3 Å². The molecule has 0 bridgehead atoms. The smallest absolute Gasteiger partial charge is 0.242 e. The third-order valence-corrected chi connectivity index (χ3v) is 6.83. The Labute approximate surface area is 235 Å². The normalized spacial score (nSPS) is 11.1. The predicted molar refractivity (Wildman–Crippen MR) is 156 cm³/mol. The topological polar surface area (TPSA) is 65.6 Å². The van der Waals surface area contributed by atoms with E-state index >= 15 is 0 Å². The molecule has 210 valence electrons. The Kier molecular flexibility index (Phi) is 9.95. The molecule has 0 spiro atoms. The minimum Gasteiger partial charge on any atom is -0.494 e. The first-order valence-corrected chi connectivity index (χ1v) is 13.9. The summed E-state index contributed by atoms with van der Waals surface area (Å²) in [6.45, 7) is 7.60. The van der Waals surface area contributed by atoms with Crippen LogP contribution in [0.1, 0.15) is 43.9 Å². The Hall–Kier alpha value is -4.13. The molecule has 3 aromatic carbocycles. The van der Waals surface area contributed by atoms with Crippen molar-refractivity contribution in [3.05, 3.63) is 102 Å². The maximum atomic E-state index is 13.8. The number of hydrogen-bond donors (Lipinski definition) is 1. The van der Waals surface area contributed by atoms with Crippen LogP contribution in [-0.4, -0.2) is 46.3 Å². The van der Waals surface area contributed by atoms with Gasteiger partial charge in [-0.25, -0.2) is 4.39 Å². The van der Waals surface area contributed by atoms with Crippen molar-refractivity contribution >= 4 is 22.7 Å². The van der Waals surface area contributed by atoms with E-state index in [9.17, 15) is 14.0 Å². The van der Waals surface area contributed by atoms with E-state index in [0.717, 1.165) is 33.3 Å². The zero-order chi connectivity index (χ0) is 28.5. The fourth-order valence-corrected chi connectivity index (χ4v) is 4.75. The SMILES string of the molecule is CCOc1ccc(CN(CCc2c[nH]c3ccccc23)C(=O)CN(Cc2ccc(F)cc2)C(=O)CC(C)C)cc1. The van der Waals surface area contributed by atoms with Crippen LogP contribution >= 0.6 is 0 Å². The minimum absolute atomic E-state index is 0.0478. The Morgan fingerprint density at radius 2 is 1.52 bits per heavy atom. The van der Waals surface area contributed by atoms with Crippen molar-refractivity contribution in [2.24, 2.45) is 5.92 Å². The zero-order valence-corrected chi connectivity index (χ0v) is 23.5. The quantitative estimate of drug-likeness (QED) is 0.214. The molecule has 0 atom stereocenters. The highest BCUT2D eigenvalue weighted by Crippen LogP contribution is 2.20. The van der Waals surface area contributed by atoms with E-state index in [1.807, 2.05) is 74.3 Å². The average molecular weight is 544 g/mol. The van der Waals surface area contributed by atoms with Gasteiger partial charge < -0.3 is 19.5 Å². The molecular weight excluding hydrogens is 505 g/mol. The van der Waals surface area contributed by atoms with Gasteiger partial charge in [0, 0.05) is 43.2 Å². The van der Waals surface area contributed by atoms with Gasteiger partial charge in [-0.1, -0.05) is 56.3 Å². The van der Waals surface area contributed by atoms with Gasteiger partial charge in [-0.15, -0.1) is 0 Å². The highest BCUT2D eigenvalue weighted by Gasteiger charge is 2.23. The third-order valence-electron chi connectivity index (χ3n) is 6.83. The zero-order valence-electron chi connectivity index (χ0n) is 23.5. The Morgan fingerprint density at radius 1 is 0.875 bits per heavy atom. The molecule has 4 aromatic rings. The minimum atomic E-state index is -0.335. The second-order valence-corrected chi connectivity index (χ2v) is 10.5. The number of carbonyl (C=O) groups excluding carboxylic acids is 2. The number of benzene rings is 3. The molecule has 0 aliphatic heterocycles.